The highest BCUT2D eigenvalue weighted by molar-refractivity contribution is 5.69. The van der Waals surface area contributed by atoms with Crippen LogP contribution in [0.2, 0.25) is 0 Å². The van der Waals surface area contributed by atoms with Gasteiger partial charge in [-0.15, -0.1) is 0 Å². The summed E-state index contributed by atoms with van der Waals surface area (Å²) in [5.74, 6) is 3.90. The van der Waals surface area contributed by atoms with E-state index in [1.807, 2.05) is 0 Å². The van der Waals surface area contributed by atoms with Crippen LogP contribution in [0.15, 0.2) is 0 Å². The van der Waals surface area contributed by atoms with Crippen molar-refractivity contribution in [2.24, 2.45) is 58.2 Å². The van der Waals surface area contributed by atoms with Gasteiger partial charge >= 0.3 is 11.9 Å². The molecule has 4 aliphatic carbocycles. The fraction of sp³-hybridized carbons (Fsp3) is 0.933. The van der Waals surface area contributed by atoms with Gasteiger partial charge in [0.2, 0.25) is 0 Å². The first kappa shape index (κ1) is 25.5. The van der Waals surface area contributed by atoms with E-state index < -0.39 is 0 Å². The molecule has 0 aromatic carbocycles. The van der Waals surface area contributed by atoms with Gasteiger partial charge in [-0.25, -0.2) is 0 Å². The molecule has 0 aromatic heterocycles. The van der Waals surface area contributed by atoms with Crippen molar-refractivity contribution in [1.82, 2.24) is 0 Å². The van der Waals surface area contributed by atoms with Crippen LogP contribution in [-0.4, -0.2) is 37.4 Å². The topological polar surface area (TPSA) is 65.1 Å². The Morgan fingerprint density at radius 2 is 1.89 bits per heavy atom. The molecule has 0 spiro atoms. The van der Waals surface area contributed by atoms with Crippen LogP contribution in [0.1, 0.15) is 92.9 Å². The highest BCUT2D eigenvalue weighted by Gasteiger charge is 2.76. The maximum absolute atomic E-state index is 12.5. The summed E-state index contributed by atoms with van der Waals surface area (Å²) < 4.78 is 18.0. The standard InChI is InChI=1S/C30H48O5/c1-8-19-22-15-16(2)13-14-29(22,5)25-24(26(19)34-18(4)31)21-11-10-20(17(3)9-12-23(32)33-7)30(21,6)28-27(25)35-28/h16-17,19-22,24-28H,8-15H2,1-7H3/t16-,17-,19-,20-,21?,22+,24?,25?,26?,27-,28-,29+,30-/m1/s1. The Morgan fingerprint density at radius 3 is 2.54 bits per heavy atom. The molecule has 1 aliphatic heterocycles. The molecular formula is C30H48O5. The van der Waals surface area contributed by atoms with Gasteiger partial charge in [-0.2, -0.15) is 0 Å². The van der Waals surface area contributed by atoms with Gasteiger partial charge in [0.25, 0.3) is 0 Å². The second-order valence-corrected chi connectivity index (χ2v) is 13.5. The molecule has 5 rings (SSSR count). The van der Waals surface area contributed by atoms with Crippen LogP contribution in [0.3, 0.4) is 0 Å². The lowest BCUT2D eigenvalue weighted by atomic mass is 9.41. The number of carbonyl (C=O) groups is 2. The summed E-state index contributed by atoms with van der Waals surface area (Å²) in [5.41, 5.74) is 0.354. The number of methoxy groups -OCH3 is 1. The lowest BCUT2D eigenvalue weighted by molar-refractivity contribution is -0.207. The van der Waals surface area contributed by atoms with Crippen LogP contribution in [-0.2, 0) is 23.8 Å². The Kier molecular flexibility index (Phi) is 6.59. The van der Waals surface area contributed by atoms with Crippen LogP contribution in [0.25, 0.3) is 0 Å². The maximum atomic E-state index is 12.5. The Morgan fingerprint density at radius 1 is 1.14 bits per heavy atom. The van der Waals surface area contributed by atoms with Gasteiger partial charge in [-0.1, -0.05) is 41.0 Å². The van der Waals surface area contributed by atoms with Gasteiger partial charge in [0.1, 0.15) is 6.10 Å². The zero-order chi connectivity index (χ0) is 25.3. The lowest BCUT2D eigenvalue weighted by Gasteiger charge is -2.64. The third-order valence-electron chi connectivity index (χ3n) is 12.0. The van der Waals surface area contributed by atoms with Gasteiger partial charge < -0.3 is 14.2 Å². The molecule has 5 heteroatoms. The van der Waals surface area contributed by atoms with Crippen molar-refractivity contribution in [3.05, 3.63) is 0 Å². The average Bonchev–Trinajstić information content (AvgIpc) is 3.54. The van der Waals surface area contributed by atoms with E-state index in [9.17, 15) is 9.59 Å². The van der Waals surface area contributed by atoms with Crippen LogP contribution in [0.4, 0.5) is 0 Å². The minimum Gasteiger partial charge on any atom is -0.469 e. The number of ether oxygens (including phenoxy) is 3. The third kappa shape index (κ3) is 3.80. The van der Waals surface area contributed by atoms with E-state index in [0.717, 1.165) is 18.8 Å². The normalized spacial score (nSPS) is 50.7. The zero-order valence-corrected chi connectivity index (χ0v) is 23.0. The van der Waals surface area contributed by atoms with Crippen LogP contribution < -0.4 is 0 Å². The Balaban J connectivity index is 1.51. The van der Waals surface area contributed by atoms with Crippen molar-refractivity contribution >= 4 is 11.9 Å². The summed E-state index contributed by atoms with van der Waals surface area (Å²) in [5, 5.41) is 0. The number of epoxide rings is 1. The summed E-state index contributed by atoms with van der Waals surface area (Å²) >= 11 is 0. The number of carbonyl (C=O) groups excluding carboxylic acids is 2. The summed E-state index contributed by atoms with van der Waals surface area (Å²) in [6, 6.07) is 0. The second kappa shape index (κ2) is 9.03. The smallest absolute Gasteiger partial charge is 0.305 e. The van der Waals surface area contributed by atoms with E-state index in [2.05, 4.69) is 34.6 Å². The van der Waals surface area contributed by atoms with Crippen molar-refractivity contribution in [3.8, 4) is 0 Å². The van der Waals surface area contributed by atoms with Gasteiger partial charge in [0, 0.05) is 24.7 Å². The predicted octanol–water partition coefficient (Wildman–Crippen LogP) is 6.04. The number of fused-ring (bicyclic) bond motifs is 8. The molecule has 0 N–H and O–H groups in total. The number of esters is 2. The molecule has 5 aliphatic rings. The van der Waals surface area contributed by atoms with Crippen molar-refractivity contribution < 1.29 is 23.8 Å². The van der Waals surface area contributed by atoms with Gasteiger partial charge in [0.05, 0.1) is 19.3 Å². The fourth-order valence-electron chi connectivity index (χ4n) is 10.5. The van der Waals surface area contributed by atoms with E-state index in [0.29, 0.717) is 60.1 Å². The Bertz CT molecular complexity index is 841. The molecule has 0 radical (unpaired) electrons. The summed E-state index contributed by atoms with van der Waals surface area (Å²) in [6.07, 6.45) is 9.24. The predicted molar refractivity (Wildman–Crippen MR) is 134 cm³/mol. The molecule has 35 heavy (non-hydrogen) atoms. The monoisotopic (exact) mass is 488 g/mol. The Hall–Kier alpha value is -1.10. The van der Waals surface area contributed by atoms with Crippen molar-refractivity contribution in [2.45, 2.75) is 111 Å². The van der Waals surface area contributed by atoms with Crippen LogP contribution >= 0.6 is 0 Å². The number of rotatable bonds is 6. The van der Waals surface area contributed by atoms with E-state index >= 15 is 0 Å². The van der Waals surface area contributed by atoms with Crippen molar-refractivity contribution in [2.75, 3.05) is 7.11 Å². The molecule has 5 fully saturated rings. The third-order valence-corrected chi connectivity index (χ3v) is 12.0. The molecule has 0 amide bonds. The molecular weight excluding hydrogens is 440 g/mol. The van der Waals surface area contributed by atoms with Gasteiger partial charge in [0.15, 0.2) is 0 Å². The van der Waals surface area contributed by atoms with E-state index in [1.165, 1.54) is 39.2 Å². The van der Waals surface area contributed by atoms with E-state index in [1.54, 1.807) is 6.92 Å². The first-order valence-electron chi connectivity index (χ1n) is 14.5. The molecule has 5 nitrogen and oxygen atoms in total. The maximum Gasteiger partial charge on any atom is 0.305 e. The zero-order valence-electron chi connectivity index (χ0n) is 23.0. The van der Waals surface area contributed by atoms with Crippen LogP contribution in [0, 0.1) is 58.2 Å². The first-order valence-corrected chi connectivity index (χ1v) is 14.5. The fourth-order valence-corrected chi connectivity index (χ4v) is 10.5. The Labute approximate surface area is 212 Å². The number of hydrogen-bond acceptors (Lipinski definition) is 5. The molecule has 13 atom stereocenters. The lowest BCUT2D eigenvalue weighted by Crippen LogP contribution is -2.65. The molecule has 198 valence electrons. The van der Waals surface area contributed by atoms with E-state index in [4.69, 9.17) is 14.2 Å². The average molecular weight is 489 g/mol. The summed E-state index contributed by atoms with van der Waals surface area (Å²) in [4.78, 5) is 24.3. The minimum atomic E-state index is -0.124. The second-order valence-electron chi connectivity index (χ2n) is 13.5. The van der Waals surface area contributed by atoms with E-state index in [-0.39, 0.29) is 28.9 Å². The summed E-state index contributed by atoms with van der Waals surface area (Å²) in [7, 11) is 1.48. The largest absolute Gasteiger partial charge is 0.469 e. The molecule has 1 saturated heterocycles. The minimum absolute atomic E-state index is 0.00414. The molecule has 0 bridgehead atoms. The first-order chi connectivity index (χ1) is 16.6. The van der Waals surface area contributed by atoms with Crippen molar-refractivity contribution in [3.63, 3.8) is 0 Å². The van der Waals surface area contributed by atoms with Crippen molar-refractivity contribution in [1.29, 1.82) is 0 Å². The number of hydrogen-bond donors (Lipinski definition) is 0. The quantitative estimate of drug-likeness (QED) is 0.337. The highest BCUT2D eigenvalue weighted by Crippen LogP contribution is 2.74. The molecule has 0 aromatic rings. The highest BCUT2D eigenvalue weighted by atomic mass is 16.6. The SMILES string of the molecule is CC[C@H]1C(OC(C)=O)C2C3CC[C@H]([C@H](C)CCC(=O)OC)[C@@]3(C)[C@@H]3O[C@@H]3C2[C@@]2(C)CC[C@@H](C)C[C@@H]12. The molecule has 4 unspecified atom stereocenters. The van der Waals surface area contributed by atoms with Gasteiger partial charge in [-0.05, 0) is 85.4 Å². The molecule has 4 saturated carbocycles. The van der Waals surface area contributed by atoms with Crippen LogP contribution in [0.5, 0.6) is 0 Å². The van der Waals surface area contributed by atoms with Gasteiger partial charge in [-0.3, -0.25) is 9.59 Å². The molecule has 1 heterocycles. The summed E-state index contributed by atoms with van der Waals surface area (Å²) in [6.45, 7) is 13.7.